The molecule has 2 rings (SSSR count). The SMILES string of the molecule is CN(CC(CCO[Si](C)(C)C(C)(C)C)c1ccccc1)S(=O)(=O)c1ccccc1. The molecular weight excluding hydrogens is 398 g/mol. The largest absolute Gasteiger partial charge is 0.417 e. The quantitative estimate of drug-likeness (QED) is 0.490. The second kappa shape index (κ2) is 9.56. The van der Waals surface area contributed by atoms with Crippen molar-refractivity contribution >= 4 is 18.3 Å². The third-order valence-electron chi connectivity index (χ3n) is 5.94. The Labute approximate surface area is 178 Å². The number of likely N-dealkylation sites (N-methyl/N-ethyl adjacent to an activating group) is 1. The van der Waals surface area contributed by atoms with Crippen molar-refractivity contribution in [2.24, 2.45) is 0 Å². The highest BCUT2D eigenvalue weighted by atomic mass is 32.2. The lowest BCUT2D eigenvalue weighted by Crippen LogP contribution is -2.41. The zero-order chi connectivity index (χ0) is 21.7. The molecule has 2 aromatic carbocycles. The Morgan fingerprint density at radius 1 is 0.966 bits per heavy atom. The summed E-state index contributed by atoms with van der Waals surface area (Å²) in [6, 6.07) is 18.7. The van der Waals surface area contributed by atoms with Gasteiger partial charge >= 0.3 is 0 Å². The van der Waals surface area contributed by atoms with Crippen LogP contribution in [0.5, 0.6) is 0 Å². The van der Waals surface area contributed by atoms with E-state index in [0.29, 0.717) is 18.0 Å². The molecule has 0 N–H and O–H groups in total. The molecule has 0 spiro atoms. The lowest BCUT2D eigenvalue weighted by Gasteiger charge is -2.36. The van der Waals surface area contributed by atoms with Gasteiger partial charge in [0.05, 0.1) is 4.90 Å². The fourth-order valence-corrected chi connectivity index (χ4v) is 5.24. The maximum absolute atomic E-state index is 13.0. The normalized spacial score (nSPS) is 14.2. The fourth-order valence-electron chi connectivity index (χ4n) is 2.94. The summed E-state index contributed by atoms with van der Waals surface area (Å²) in [5.41, 5.74) is 1.14. The van der Waals surface area contributed by atoms with E-state index in [1.54, 1.807) is 31.3 Å². The summed E-state index contributed by atoms with van der Waals surface area (Å²) in [6.45, 7) is 12.2. The van der Waals surface area contributed by atoms with E-state index < -0.39 is 18.3 Å². The van der Waals surface area contributed by atoms with Crippen LogP contribution in [0.1, 0.15) is 38.7 Å². The molecule has 4 nitrogen and oxygen atoms in total. The zero-order valence-corrected chi connectivity index (χ0v) is 20.4. The van der Waals surface area contributed by atoms with Gasteiger partial charge in [0.15, 0.2) is 8.32 Å². The van der Waals surface area contributed by atoms with Crippen molar-refractivity contribution in [2.45, 2.75) is 56.1 Å². The molecule has 2 aromatic rings. The van der Waals surface area contributed by atoms with Crippen molar-refractivity contribution in [1.29, 1.82) is 0 Å². The van der Waals surface area contributed by atoms with Crippen LogP contribution in [0.2, 0.25) is 18.1 Å². The number of benzene rings is 2. The van der Waals surface area contributed by atoms with Gasteiger partial charge in [-0.15, -0.1) is 0 Å². The van der Waals surface area contributed by atoms with Gasteiger partial charge in [0.1, 0.15) is 0 Å². The number of sulfonamides is 1. The molecular formula is C23H35NO3SSi. The number of hydrogen-bond acceptors (Lipinski definition) is 3. The minimum Gasteiger partial charge on any atom is -0.417 e. The Bertz CT molecular complexity index is 862. The summed E-state index contributed by atoms with van der Waals surface area (Å²) in [6.07, 6.45) is 0.783. The highest BCUT2D eigenvalue weighted by molar-refractivity contribution is 7.89. The van der Waals surface area contributed by atoms with Gasteiger partial charge in [-0.2, -0.15) is 0 Å². The molecule has 1 atom stereocenters. The molecule has 0 heterocycles. The van der Waals surface area contributed by atoms with Gasteiger partial charge in [0.2, 0.25) is 10.0 Å². The van der Waals surface area contributed by atoms with Crippen molar-refractivity contribution in [2.75, 3.05) is 20.2 Å². The minimum atomic E-state index is -3.52. The number of hydrogen-bond donors (Lipinski definition) is 0. The summed E-state index contributed by atoms with van der Waals surface area (Å²) in [5.74, 6) is 0.0736. The van der Waals surface area contributed by atoms with Crippen molar-refractivity contribution in [3.63, 3.8) is 0 Å². The maximum Gasteiger partial charge on any atom is 0.242 e. The van der Waals surface area contributed by atoms with Crippen LogP contribution in [0.15, 0.2) is 65.6 Å². The molecule has 0 radical (unpaired) electrons. The molecule has 6 heteroatoms. The average molecular weight is 434 g/mol. The molecule has 0 aromatic heterocycles. The van der Waals surface area contributed by atoms with E-state index in [1.807, 2.05) is 24.3 Å². The number of rotatable bonds is 9. The summed E-state index contributed by atoms with van der Waals surface area (Å²) in [7, 11) is -3.69. The average Bonchev–Trinajstić information content (AvgIpc) is 2.67. The molecule has 0 aliphatic carbocycles. The van der Waals surface area contributed by atoms with Gasteiger partial charge < -0.3 is 4.43 Å². The molecule has 0 fully saturated rings. The Balaban J connectivity index is 2.15. The maximum atomic E-state index is 13.0. The third kappa shape index (κ3) is 6.25. The van der Waals surface area contributed by atoms with Gasteiger partial charge in [-0.25, -0.2) is 12.7 Å². The summed E-state index contributed by atoms with van der Waals surface area (Å²) in [4.78, 5) is 0.326. The van der Waals surface area contributed by atoms with Crippen LogP contribution >= 0.6 is 0 Å². The Kier molecular flexibility index (Phi) is 7.84. The highest BCUT2D eigenvalue weighted by Crippen LogP contribution is 2.37. The molecule has 0 saturated carbocycles. The van der Waals surface area contributed by atoms with Crippen molar-refractivity contribution in [3.8, 4) is 0 Å². The molecule has 0 saturated heterocycles. The lowest BCUT2D eigenvalue weighted by atomic mass is 9.96. The lowest BCUT2D eigenvalue weighted by molar-refractivity contribution is 0.264. The van der Waals surface area contributed by atoms with E-state index in [2.05, 4.69) is 46.0 Å². The van der Waals surface area contributed by atoms with Crippen LogP contribution in [0, 0.1) is 0 Å². The molecule has 0 aliphatic heterocycles. The van der Waals surface area contributed by atoms with Crippen molar-refractivity contribution in [1.82, 2.24) is 4.31 Å². The fraction of sp³-hybridized carbons (Fsp3) is 0.478. The predicted molar refractivity (Wildman–Crippen MR) is 123 cm³/mol. The van der Waals surface area contributed by atoms with Gasteiger partial charge in [-0.3, -0.25) is 0 Å². The van der Waals surface area contributed by atoms with Crippen molar-refractivity contribution < 1.29 is 12.8 Å². The van der Waals surface area contributed by atoms with Crippen LogP contribution < -0.4 is 0 Å². The van der Waals surface area contributed by atoms with E-state index in [-0.39, 0.29) is 11.0 Å². The smallest absolute Gasteiger partial charge is 0.242 e. The monoisotopic (exact) mass is 433 g/mol. The van der Waals surface area contributed by atoms with E-state index in [4.69, 9.17) is 4.43 Å². The molecule has 0 bridgehead atoms. The van der Waals surface area contributed by atoms with E-state index in [1.165, 1.54) is 4.31 Å². The summed E-state index contributed by atoms with van der Waals surface area (Å²) >= 11 is 0. The van der Waals surface area contributed by atoms with Crippen LogP contribution in [0.4, 0.5) is 0 Å². The van der Waals surface area contributed by atoms with Crippen molar-refractivity contribution in [3.05, 3.63) is 66.2 Å². The van der Waals surface area contributed by atoms with Gasteiger partial charge in [-0.1, -0.05) is 69.3 Å². The minimum absolute atomic E-state index is 0.0736. The summed E-state index contributed by atoms with van der Waals surface area (Å²) < 4.78 is 33.8. The Hall–Kier alpha value is -1.47. The Morgan fingerprint density at radius 3 is 2.00 bits per heavy atom. The van der Waals surface area contributed by atoms with Crippen LogP contribution in [0.3, 0.4) is 0 Å². The molecule has 0 amide bonds. The highest BCUT2D eigenvalue weighted by Gasteiger charge is 2.37. The predicted octanol–water partition coefficient (Wildman–Crippen LogP) is 5.50. The van der Waals surface area contributed by atoms with Crippen LogP contribution in [-0.2, 0) is 14.4 Å². The van der Waals surface area contributed by atoms with Gasteiger partial charge in [0.25, 0.3) is 0 Å². The second-order valence-corrected chi connectivity index (χ2v) is 16.0. The summed E-state index contributed by atoms with van der Waals surface area (Å²) in [5, 5.41) is 0.155. The molecule has 160 valence electrons. The van der Waals surface area contributed by atoms with E-state index >= 15 is 0 Å². The topological polar surface area (TPSA) is 46.6 Å². The van der Waals surface area contributed by atoms with Crippen LogP contribution in [-0.4, -0.2) is 41.2 Å². The third-order valence-corrected chi connectivity index (χ3v) is 12.3. The standard InChI is InChI=1S/C23H35NO3SSi/c1-23(2,3)29(5,6)27-18-17-21(20-13-9-7-10-14-20)19-24(4)28(25,26)22-15-11-8-12-16-22/h7-16,21H,17-19H2,1-6H3. The van der Waals surface area contributed by atoms with Crippen LogP contribution in [0.25, 0.3) is 0 Å². The van der Waals surface area contributed by atoms with Gasteiger partial charge in [-0.05, 0) is 48.2 Å². The first-order valence-corrected chi connectivity index (χ1v) is 14.5. The van der Waals surface area contributed by atoms with E-state index in [9.17, 15) is 8.42 Å². The number of nitrogens with zero attached hydrogens (tertiary/aromatic N) is 1. The Morgan fingerprint density at radius 2 is 1.48 bits per heavy atom. The molecule has 29 heavy (non-hydrogen) atoms. The van der Waals surface area contributed by atoms with Gasteiger partial charge in [0, 0.05) is 20.2 Å². The van der Waals surface area contributed by atoms with E-state index in [0.717, 1.165) is 12.0 Å². The first kappa shape index (κ1) is 23.8. The molecule has 0 aliphatic rings. The first-order valence-electron chi connectivity index (χ1n) is 10.2. The molecule has 1 unspecified atom stereocenters. The zero-order valence-electron chi connectivity index (χ0n) is 18.6. The second-order valence-electron chi connectivity index (χ2n) is 9.10. The first-order chi connectivity index (χ1) is 13.4.